The van der Waals surface area contributed by atoms with Crippen LogP contribution in [0.25, 0.3) is 0 Å². The van der Waals surface area contributed by atoms with Gasteiger partial charge in [0.25, 0.3) is 5.91 Å². The van der Waals surface area contributed by atoms with Crippen LogP contribution in [-0.2, 0) is 16.0 Å². The zero-order valence-corrected chi connectivity index (χ0v) is 11.3. The maximum Gasteiger partial charge on any atom is 0.254 e. The number of hydrogen-bond donors (Lipinski definition) is 1. The smallest absolute Gasteiger partial charge is 0.254 e. The Hall–Kier alpha value is -2.17. The zero-order chi connectivity index (χ0) is 14.3. The standard InChI is InChI=1S/C15H16N2O3/c1-9-2-3-10-6-7-17(15(20)11(10)8-9)12-4-5-13(18)16-14(12)19/h2-3,8,12H,4-7H2,1H3,(H,16,18,19). The highest BCUT2D eigenvalue weighted by molar-refractivity contribution is 6.04. The number of nitrogens with zero attached hydrogens (tertiary/aromatic N) is 1. The molecule has 5 heteroatoms. The molecule has 0 radical (unpaired) electrons. The summed E-state index contributed by atoms with van der Waals surface area (Å²) < 4.78 is 0. The Morgan fingerprint density at radius 2 is 2.00 bits per heavy atom. The molecule has 1 atom stereocenters. The van der Waals surface area contributed by atoms with E-state index in [9.17, 15) is 14.4 Å². The Kier molecular flexibility index (Phi) is 3.04. The first-order valence-corrected chi connectivity index (χ1v) is 6.80. The second-order valence-corrected chi connectivity index (χ2v) is 5.38. The minimum atomic E-state index is -0.520. The van der Waals surface area contributed by atoms with Crippen molar-refractivity contribution in [2.45, 2.75) is 32.2 Å². The van der Waals surface area contributed by atoms with Gasteiger partial charge < -0.3 is 4.90 Å². The van der Waals surface area contributed by atoms with Crippen molar-refractivity contribution in [3.63, 3.8) is 0 Å². The Morgan fingerprint density at radius 3 is 2.75 bits per heavy atom. The summed E-state index contributed by atoms with van der Waals surface area (Å²) in [6, 6.07) is 5.32. The molecule has 0 spiro atoms. The maximum atomic E-state index is 12.6. The fourth-order valence-corrected chi connectivity index (χ4v) is 2.88. The number of carbonyl (C=O) groups is 3. The van der Waals surface area contributed by atoms with Gasteiger partial charge >= 0.3 is 0 Å². The van der Waals surface area contributed by atoms with Crippen molar-refractivity contribution in [3.8, 4) is 0 Å². The molecule has 1 aromatic carbocycles. The topological polar surface area (TPSA) is 66.5 Å². The number of carbonyl (C=O) groups excluding carboxylic acids is 3. The van der Waals surface area contributed by atoms with E-state index in [1.807, 2.05) is 25.1 Å². The average molecular weight is 272 g/mol. The van der Waals surface area contributed by atoms with Crippen LogP contribution in [0.2, 0.25) is 0 Å². The molecule has 2 aliphatic rings. The SMILES string of the molecule is Cc1ccc2c(c1)C(=O)N(C1CCC(=O)NC1=O)CC2. The van der Waals surface area contributed by atoms with Gasteiger partial charge in [0.05, 0.1) is 0 Å². The Labute approximate surface area is 116 Å². The predicted molar refractivity (Wildman–Crippen MR) is 72.1 cm³/mol. The molecule has 0 aromatic heterocycles. The summed E-state index contributed by atoms with van der Waals surface area (Å²) in [6.07, 6.45) is 1.46. The molecule has 1 aromatic rings. The van der Waals surface area contributed by atoms with Crippen molar-refractivity contribution in [1.82, 2.24) is 10.2 Å². The number of rotatable bonds is 1. The summed E-state index contributed by atoms with van der Waals surface area (Å²) in [6.45, 7) is 2.47. The normalized spacial score (nSPS) is 22.6. The van der Waals surface area contributed by atoms with E-state index in [0.717, 1.165) is 17.5 Å². The third-order valence-corrected chi connectivity index (χ3v) is 3.97. The van der Waals surface area contributed by atoms with Gasteiger partial charge in [0.2, 0.25) is 11.8 Å². The van der Waals surface area contributed by atoms with E-state index < -0.39 is 6.04 Å². The van der Waals surface area contributed by atoms with Crippen molar-refractivity contribution >= 4 is 17.7 Å². The Balaban J connectivity index is 1.88. The van der Waals surface area contributed by atoms with Crippen LogP contribution in [0, 0.1) is 6.92 Å². The van der Waals surface area contributed by atoms with Crippen LogP contribution in [-0.4, -0.2) is 35.2 Å². The third kappa shape index (κ3) is 2.09. The minimum absolute atomic E-state index is 0.107. The van der Waals surface area contributed by atoms with E-state index in [4.69, 9.17) is 0 Å². The maximum absolute atomic E-state index is 12.6. The number of aryl methyl sites for hydroxylation is 1. The van der Waals surface area contributed by atoms with Crippen LogP contribution >= 0.6 is 0 Å². The number of amides is 3. The van der Waals surface area contributed by atoms with Gasteiger partial charge in [-0.3, -0.25) is 19.7 Å². The van der Waals surface area contributed by atoms with E-state index in [-0.39, 0.29) is 17.7 Å². The molecular weight excluding hydrogens is 256 g/mol. The van der Waals surface area contributed by atoms with Crippen molar-refractivity contribution in [2.24, 2.45) is 0 Å². The first kappa shape index (κ1) is 12.8. The number of hydrogen-bond acceptors (Lipinski definition) is 3. The summed E-state index contributed by atoms with van der Waals surface area (Å²) in [5.74, 6) is -0.720. The predicted octanol–water partition coefficient (Wildman–Crippen LogP) is 0.799. The van der Waals surface area contributed by atoms with Gasteiger partial charge in [-0.25, -0.2) is 0 Å². The summed E-state index contributed by atoms with van der Waals surface area (Å²) in [7, 11) is 0. The highest BCUT2D eigenvalue weighted by atomic mass is 16.2. The fraction of sp³-hybridized carbons (Fsp3) is 0.400. The van der Waals surface area contributed by atoms with Gasteiger partial charge in [0.15, 0.2) is 0 Å². The third-order valence-electron chi connectivity index (χ3n) is 3.97. The van der Waals surface area contributed by atoms with Crippen molar-refractivity contribution in [3.05, 3.63) is 34.9 Å². The largest absolute Gasteiger partial charge is 0.326 e. The van der Waals surface area contributed by atoms with Crippen LogP contribution < -0.4 is 5.32 Å². The molecule has 1 fully saturated rings. The summed E-state index contributed by atoms with van der Waals surface area (Å²) in [4.78, 5) is 37.3. The van der Waals surface area contributed by atoms with Gasteiger partial charge in [-0.05, 0) is 31.4 Å². The van der Waals surface area contributed by atoms with Crippen molar-refractivity contribution < 1.29 is 14.4 Å². The van der Waals surface area contributed by atoms with Gasteiger partial charge in [0.1, 0.15) is 6.04 Å². The number of piperidine rings is 1. The second-order valence-electron chi connectivity index (χ2n) is 5.38. The lowest BCUT2D eigenvalue weighted by Gasteiger charge is -2.36. The molecule has 1 unspecified atom stereocenters. The first-order chi connectivity index (χ1) is 9.56. The van der Waals surface area contributed by atoms with Crippen LogP contribution in [0.3, 0.4) is 0 Å². The highest BCUT2D eigenvalue weighted by Crippen LogP contribution is 2.24. The van der Waals surface area contributed by atoms with Gasteiger partial charge in [0, 0.05) is 18.5 Å². The lowest BCUT2D eigenvalue weighted by molar-refractivity contribution is -0.136. The van der Waals surface area contributed by atoms with Gasteiger partial charge in [-0.1, -0.05) is 17.7 Å². The molecular formula is C15H16N2O3. The molecule has 3 amide bonds. The highest BCUT2D eigenvalue weighted by Gasteiger charge is 2.37. The van der Waals surface area contributed by atoms with E-state index in [2.05, 4.69) is 5.32 Å². The molecule has 3 rings (SSSR count). The molecule has 5 nitrogen and oxygen atoms in total. The monoisotopic (exact) mass is 272 g/mol. The molecule has 0 saturated carbocycles. The van der Waals surface area contributed by atoms with Crippen LogP contribution in [0.15, 0.2) is 18.2 Å². The number of benzene rings is 1. The Morgan fingerprint density at radius 1 is 1.20 bits per heavy atom. The Bertz CT molecular complexity index is 609. The first-order valence-electron chi connectivity index (χ1n) is 6.80. The fourth-order valence-electron chi connectivity index (χ4n) is 2.88. The molecule has 0 aliphatic carbocycles. The van der Waals surface area contributed by atoms with Gasteiger partial charge in [-0.2, -0.15) is 0 Å². The molecule has 1 saturated heterocycles. The summed E-state index contributed by atoms with van der Waals surface area (Å²) >= 11 is 0. The molecule has 2 aliphatic heterocycles. The lowest BCUT2D eigenvalue weighted by atomic mass is 9.94. The van der Waals surface area contributed by atoms with E-state index in [0.29, 0.717) is 24.9 Å². The molecule has 104 valence electrons. The lowest BCUT2D eigenvalue weighted by Crippen LogP contribution is -2.55. The number of fused-ring (bicyclic) bond motifs is 1. The average Bonchev–Trinajstić information content (AvgIpc) is 2.41. The molecule has 0 bridgehead atoms. The second kappa shape index (κ2) is 4.74. The molecule has 20 heavy (non-hydrogen) atoms. The quantitative estimate of drug-likeness (QED) is 0.769. The number of nitrogens with one attached hydrogen (secondary N) is 1. The number of imide groups is 1. The summed E-state index contributed by atoms with van der Waals surface area (Å²) in [5.41, 5.74) is 2.74. The van der Waals surface area contributed by atoms with E-state index in [1.165, 1.54) is 0 Å². The van der Waals surface area contributed by atoms with Crippen LogP contribution in [0.4, 0.5) is 0 Å². The van der Waals surface area contributed by atoms with E-state index in [1.54, 1.807) is 4.90 Å². The van der Waals surface area contributed by atoms with Crippen molar-refractivity contribution in [1.29, 1.82) is 0 Å². The van der Waals surface area contributed by atoms with E-state index >= 15 is 0 Å². The van der Waals surface area contributed by atoms with Crippen molar-refractivity contribution in [2.75, 3.05) is 6.54 Å². The minimum Gasteiger partial charge on any atom is -0.326 e. The zero-order valence-electron chi connectivity index (χ0n) is 11.3. The molecule has 2 heterocycles. The van der Waals surface area contributed by atoms with Gasteiger partial charge in [-0.15, -0.1) is 0 Å². The molecule has 1 N–H and O–H groups in total. The summed E-state index contributed by atoms with van der Waals surface area (Å²) in [5, 5.41) is 2.31. The van der Waals surface area contributed by atoms with Crippen LogP contribution in [0.1, 0.15) is 34.3 Å². The van der Waals surface area contributed by atoms with Crippen LogP contribution in [0.5, 0.6) is 0 Å².